The number of hydrogen-bond acceptors (Lipinski definition) is 3. The molecule has 0 aromatic heterocycles. The minimum atomic E-state index is -0.640. The van der Waals surface area contributed by atoms with Gasteiger partial charge in [-0.25, -0.2) is 4.39 Å². The fraction of sp³-hybridized carbons (Fsp3) is 0.429. The first-order chi connectivity index (χ1) is 10.5. The van der Waals surface area contributed by atoms with E-state index in [4.69, 9.17) is 23.2 Å². The number of amides is 2. The van der Waals surface area contributed by atoms with E-state index < -0.39 is 11.7 Å². The average molecular weight is 348 g/mol. The molecule has 0 atom stereocenters. The molecular formula is C14H16Cl2FN3O2. The predicted molar refractivity (Wildman–Crippen MR) is 83.7 cm³/mol. The quantitative estimate of drug-likeness (QED) is 0.858. The van der Waals surface area contributed by atoms with Gasteiger partial charge < -0.3 is 15.5 Å². The molecular weight excluding hydrogens is 332 g/mol. The number of hydrogen-bond donors (Lipinski definition) is 2. The molecule has 5 nitrogen and oxygen atoms in total. The largest absolute Gasteiger partial charge is 0.373 e. The van der Waals surface area contributed by atoms with Crippen LogP contribution < -0.4 is 10.6 Å². The summed E-state index contributed by atoms with van der Waals surface area (Å²) in [7, 11) is 0. The highest BCUT2D eigenvalue weighted by atomic mass is 35.5. The smallest absolute Gasteiger partial charge is 0.241 e. The summed E-state index contributed by atoms with van der Waals surface area (Å²) in [6, 6.07) is 2.48. The molecule has 0 radical (unpaired) electrons. The van der Waals surface area contributed by atoms with Crippen molar-refractivity contribution in [3.05, 3.63) is 28.0 Å². The van der Waals surface area contributed by atoms with E-state index in [2.05, 4.69) is 10.6 Å². The molecule has 2 amide bonds. The molecule has 0 unspecified atom stereocenters. The van der Waals surface area contributed by atoms with Gasteiger partial charge in [0.15, 0.2) is 0 Å². The first kappa shape index (κ1) is 16.8. The first-order valence-electron chi connectivity index (χ1n) is 6.90. The predicted octanol–water partition coefficient (Wildman–Crippen LogP) is 2.28. The van der Waals surface area contributed by atoms with Crippen LogP contribution in [0.1, 0.15) is 12.8 Å². The summed E-state index contributed by atoms with van der Waals surface area (Å²) in [6.07, 6.45) is 1.99. The molecule has 1 aromatic carbocycles. The summed E-state index contributed by atoms with van der Waals surface area (Å²) in [5, 5.41) is 5.36. The maximum atomic E-state index is 13.7. The SMILES string of the molecule is O=C(CNc1c(F)cc(Cl)cc1Cl)NCC(=O)N1CCCC1. The van der Waals surface area contributed by atoms with E-state index in [1.807, 2.05) is 0 Å². The highest BCUT2D eigenvalue weighted by molar-refractivity contribution is 6.36. The Morgan fingerprint density at radius 3 is 2.50 bits per heavy atom. The van der Waals surface area contributed by atoms with Crippen LogP contribution in [0, 0.1) is 5.82 Å². The molecule has 0 bridgehead atoms. The second-order valence-electron chi connectivity index (χ2n) is 4.96. The summed E-state index contributed by atoms with van der Waals surface area (Å²) in [4.78, 5) is 25.2. The molecule has 1 aliphatic rings. The van der Waals surface area contributed by atoms with E-state index in [1.165, 1.54) is 6.07 Å². The van der Waals surface area contributed by atoms with Gasteiger partial charge in [0.05, 0.1) is 23.8 Å². The average Bonchev–Trinajstić information content (AvgIpc) is 2.97. The second kappa shape index (κ2) is 7.65. The summed E-state index contributed by atoms with van der Waals surface area (Å²) < 4.78 is 13.7. The number of anilines is 1. The third kappa shape index (κ3) is 4.48. The van der Waals surface area contributed by atoms with E-state index in [0.717, 1.165) is 32.0 Å². The van der Waals surface area contributed by atoms with Crippen molar-refractivity contribution in [1.29, 1.82) is 0 Å². The molecule has 1 heterocycles. The topological polar surface area (TPSA) is 61.4 Å². The zero-order valence-corrected chi connectivity index (χ0v) is 13.3. The van der Waals surface area contributed by atoms with Crippen LogP contribution in [-0.4, -0.2) is 42.9 Å². The summed E-state index contributed by atoms with van der Waals surface area (Å²) >= 11 is 11.5. The molecule has 2 N–H and O–H groups in total. The normalized spacial score (nSPS) is 14.0. The Hall–Kier alpha value is -1.53. The standard InChI is InChI=1S/C14H16Cl2FN3O2/c15-9-5-10(16)14(11(17)6-9)19-7-12(21)18-8-13(22)20-3-1-2-4-20/h5-6,19H,1-4,7-8H2,(H,18,21). The maximum absolute atomic E-state index is 13.7. The fourth-order valence-corrected chi connectivity index (χ4v) is 2.73. The van der Waals surface area contributed by atoms with Gasteiger partial charge in [0, 0.05) is 18.1 Å². The Morgan fingerprint density at radius 1 is 1.18 bits per heavy atom. The molecule has 22 heavy (non-hydrogen) atoms. The lowest BCUT2D eigenvalue weighted by atomic mass is 10.3. The molecule has 0 spiro atoms. The number of carbonyl (C=O) groups excluding carboxylic acids is 2. The lowest BCUT2D eigenvalue weighted by Crippen LogP contribution is -2.40. The van der Waals surface area contributed by atoms with Crippen molar-refractivity contribution >= 4 is 40.7 Å². The first-order valence-corrected chi connectivity index (χ1v) is 7.66. The van der Waals surface area contributed by atoms with Crippen LogP contribution >= 0.6 is 23.2 Å². The van der Waals surface area contributed by atoms with E-state index in [-0.39, 0.29) is 34.7 Å². The van der Waals surface area contributed by atoms with Gasteiger partial charge in [0.2, 0.25) is 11.8 Å². The van der Waals surface area contributed by atoms with Gasteiger partial charge in [-0.1, -0.05) is 23.2 Å². The maximum Gasteiger partial charge on any atom is 0.241 e. The molecule has 1 aliphatic heterocycles. The molecule has 0 saturated carbocycles. The second-order valence-corrected chi connectivity index (χ2v) is 5.81. The lowest BCUT2D eigenvalue weighted by molar-refractivity contribution is -0.131. The van der Waals surface area contributed by atoms with Gasteiger partial charge >= 0.3 is 0 Å². The summed E-state index contributed by atoms with van der Waals surface area (Å²) in [6.45, 7) is 1.22. The molecule has 1 saturated heterocycles. The van der Waals surface area contributed by atoms with Crippen molar-refractivity contribution < 1.29 is 14.0 Å². The van der Waals surface area contributed by atoms with Crippen LogP contribution in [-0.2, 0) is 9.59 Å². The van der Waals surface area contributed by atoms with Crippen molar-refractivity contribution in [3.8, 4) is 0 Å². The molecule has 0 aliphatic carbocycles. The van der Waals surface area contributed by atoms with E-state index in [9.17, 15) is 14.0 Å². The third-order valence-corrected chi connectivity index (χ3v) is 3.84. The Morgan fingerprint density at radius 2 is 1.86 bits per heavy atom. The summed E-state index contributed by atoms with van der Waals surface area (Å²) in [5.41, 5.74) is 0.00656. The van der Waals surface area contributed by atoms with Crippen molar-refractivity contribution in [2.75, 3.05) is 31.5 Å². The van der Waals surface area contributed by atoms with Crippen LogP contribution in [0.3, 0.4) is 0 Å². The Labute approximate surface area is 137 Å². The Bertz CT molecular complexity index is 554. The third-order valence-electron chi connectivity index (χ3n) is 3.33. The number of nitrogens with zero attached hydrogens (tertiary/aromatic N) is 1. The lowest BCUT2D eigenvalue weighted by Gasteiger charge is -2.15. The van der Waals surface area contributed by atoms with Crippen LogP contribution in [0.4, 0.5) is 10.1 Å². The monoisotopic (exact) mass is 347 g/mol. The molecule has 120 valence electrons. The minimum Gasteiger partial charge on any atom is -0.373 e. The van der Waals surface area contributed by atoms with E-state index in [1.54, 1.807) is 4.90 Å². The van der Waals surface area contributed by atoms with Gasteiger partial charge in [-0.2, -0.15) is 0 Å². The van der Waals surface area contributed by atoms with Crippen LogP contribution in [0.15, 0.2) is 12.1 Å². The highest BCUT2D eigenvalue weighted by Gasteiger charge is 2.18. The number of nitrogens with one attached hydrogen (secondary N) is 2. The fourth-order valence-electron chi connectivity index (χ4n) is 2.19. The highest BCUT2D eigenvalue weighted by Crippen LogP contribution is 2.28. The summed E-state index contributed by atoms with van der Waals surface area (Å²) in [5.74, 6) is -1.17. The van der Waals surface area contributed by atoms with E-state index in [0.29, 0.717) is 0 Å². The van der Waals surface area contributed by atoms with E-state index >= 15 is 0 Å². The molecule has 2 rings (SSSR count). The van der Waals surface area contributed by atoms with Crippen molar-refractivity contribution in [2.45, 2.75) is 12.8 Å². The van der Waals surface area contributed by atoms with Crippen LogP contribution in [0.2, 0.25) is 10.0 Å². The Balaban J connectivity index is 1.79. The van der Waals surface area contributed by atoms with Crippen LogP contribution in [0.5, 0.6) is 0 Å². The van der Waals surface area contributed by atoms with Crippen LogP contribution in [0.25, 0.3) is 0 Å². The van der Waals surface area contributed by atoms with Gasteiger partial charge in [-0.15, -0.1) is 0 Å². The minimum absolute atomic E-state index is 0.00656. The zero-order chi connectivity index (χ0) is 16.1. The molecule has 8 heteroatoms. The van der Waals surface area contributed by atoms with Crippen molar-refractivity contribution in [1.82, 2.24) is 10.2 Å². The van der Waals surface area contributed by atoms with Crippen molar-refractivity contribution in [3.63, 3.8) is 0 Å². The van der Waals surface area contributed by atoms with Gasteiger partial charge in [0.1, 0.15) is 5.82 Å². The van der Waals surface area contributed by atoms with Crippen molar-refractivity contribution in [2.24, 2.45) is 0 Å². The number of carbonyl (C=O) groups is 2. The number of likely N-dealkylation sites (tertiary alicyclic amines) is 1. The van der Waals surface area contributed by atoms with Gasteiger partial charge in [-0.3, -0.25) is 9.59 Å². The number of benzene rings is 1. The molecule has 1 aromatic rings. The Kier molecular flexibility index (Phi) is 5.85. The zero-order valence-electron chi connectivity index (χ0n) is 11.8. The number of halogens is 3. The van der Waals surface area contributed by atoms with Gasteiger partial charge in [-0.05, 0) is 25.0 Å². The number of rotatable bonds is 5. The molecule has 1 fully saturated rings. The van der Waals surface area contributed by atoms with Gasteiger partial charge in [0.25, 0.3) is 0 Å².